The monoisotopic (exact) mass is 194 g/mol. The Balaban J connectivity index is 0. The van der Waals surface area contributed by atoms with E-state index in [1.807, 2.05) is 13.8 Å². The van der Waals surface area contributed by atoms with Crippen molar-refractivity contribution in [1.29, 1.82) is 0 Å². The van der Waals surface area contributed by atoms with Crippen molar-refractivity contribution in [3.63, 3.8) is 0 Å². The molecule has 0 bridgehead atoms. The summed E-state index contributed by atoms with van der Waals surface area (Å²) in [6.45, 7) is 12.6. The van der Waals surface area contributed by atoms with Crippen LogP contribution in [0.1, 0.15) is 51.7 Å². The predicted molar refractivity (Wildman–Crippen MR) is 67.8 cm³/mol. The summed E-state index contributed by atoms with van der Waals surface area (Å²) in [5, 5.41) is 0. The third kappa shape index (κ3) is 11.2. The molecule has 0 unspecified atom stereocenters. The van der Waals surface area contributed by atoms with E-state index in [0.29, 0.717) is 0 Å². The second-order valence-electron chi connectivity index (χ2n) is 3.16. The number of unbranched alkanes of at least 4 members (excludes halogenated alkanes) is 1. The lowest BCUT2D eigenvalue weighted by Gasteiger charge is -1.90. The van der Waals surface area contributed by atoms with Gasteiger partial charge in [0.05, 0.1) is 0 Å². The summed E-state index contributed by atoms with van der Waals surface area (Å²) in [4.78, 5) is 0. The SMILES string of the molecule is CC.CCCC.Cc1cccc(C)c1. The third-order valence-corrected chi connectivity index (χ3v) is 1.67. The van der Waals surface area contributed by atoms with E-state index in [9.17, 15) is 0 Å². The average molecular weight is 194 g/mol. The Morgan fingerprint density at radius 3 is 1.36 bits per heavy atom. The topological polar surface area (TPSA) is 0 Å². The highest BCUT2D eigenvalue weighted by Gasteiger charge is 1.80. The molecule has 0 nitrogen and oxygen atoms in total. The van der Waals surface area contributed by atoms with Crippen molar-refractivity contribution in [2.45, 2.75) is 54.4 Å². The Bertz CT molecular complexity index is 182. The van der Waals surface area contributed by atoms with Crippen LogP contribution >= 0.6 is 0 Å². The maximum atomic E-state index is 2.18. The van der Waals surface area contributed by atoms with Crippen molar-refractivity contribution in [3.05, 3.63) is 35.4 Å². The molecule has 1 aromatic carbocycles. The molecule has 1 aromatic rings. The van der Waals surface area contributed by atoms with Gasteiger partial charge in [0.2, 0.25) is 0 Å². The molecule has 0 spiro atoms. The minimum atomic E-state index is 1.32. The minimum absolute atomic E-state index is 1.32. The van der Waals surface area contributed by atoms with Gasteiger partial charge in [-0.15, -0.1) is 0 Å². The molecule has 14 heavy (non-hydrogen) atoms. The molecule has 0 fully saturated rings. The lowest BCUT2D eigenvalue weighted by Crippen LogP contribution is -1.71. The largest absolute Gasteiger partial charge is 0.0683 e. The second kappa shape index (κ2) is 12.2. The highest BCUT2D eigenvalue weighted by atomic mass is 13.9. The van der Waals surface area contributed by atoms with E-state index in [0.717, 1.165) is 0 Å². The lowest BCUT2D eigenvalue weighted by atomic mass is 10.2. The van der Waals surface area contributed by atoms with Crippen molar-refractivity contribution >= 4 is 0 Å². The van der Waals surface area contributed by atoms with Gasteiger partial charge in [-0.05, 0) is 13.8 Å². The number of aryl methyl sites for hydroxylation is 2. The first kappa shape index (κ1) is 15.7. The molecule has 0 radical (unpaired) electrons. The molecule has 1 rings (SSSR count). The first-order chi connectivity index (χ1) is 6.70. The van der Waals surface area contributed by atoms with Crippen molar-refractivity contribution < 1.29 is 0 Å². The molecule has 0 saturated heterocycles. The van der Waals surface area contributed by atoms with Gasteiger partial charge in [-0.3, -0.25) is 0 Å². The fraction of sp³-hybridized carbons (Fsp3) is 0.571. The van der Waals surface area contributed by atoms with Crippen LogP contribution in [0, 0.1) is 13.8 Å². The summed E-state index contributed by atoms with van der Waals surface area (Å²) in [6.07, 6.45) is 2.64. The normalized spacial score (nSPS) is 7.86. The van der Waals surface area contributed by atoms with Crippen LogP contribution in [0.25, 0.3) is 0 Å². The van der Waals surface area contributed by atoms with E-state index >= 15 is 0 Å². The molecule has 82 valence electrons. The highest BCUT2D eigenvalue weighted by Crippen LogP contribution is 2.00. The summed E-state index contributed by atoms with van der Waals surface area (Å²) in [7, 11) is 0. The van der Waals surface area contributed by atoms with Gasteiger partial charge < -0.3 is 0 Å². The van der Waals surface area contributed by atoms with Crippen LogP contribution in [-0.2, 0) is 0 Å². The maximum absolute atomic E-state index is 2.18. The zero-order chi connectivity index (χ0) is 11.4. The molecule has 0 heteroatoms. The van der Waals surface area contributed by atoms with Crippen LogP contribution in [0.2, 0.25) is 0 Å². The van der Waals surface area contributed by atoms with Gasteiger partial charge in [-0.2, -0.15) is 0 Å². The van der Waals surface area contributed by atoms with Crippen LogP contribution in [0.5, 0.6) is 0 Å². The van der Waals surface area contributed by atoms with Gasteiger partial charge in [0.25, 0.3) is 0 Å². The molecular formula is C14H26. The number of hydrogen-bond donors (Lipinski definition) is 0. The predicted octanol–water partition coefficient (Wildman–Crippen LogP) is 5.14. The van der Waals surface area contributed by atoms with E-state index in [1.165, 1.54) is 24.0 Å². The smallest absolute Gasteiger partial charge is 0.0398 e. The lowest BCUT2D eigenvalue weighted by molar-refractivity contribution is 0.886. The Hall–Kier alpha value is -0.780. The Labute approximate surface area is 90.4 Å². The molecule has 0 saturated carbocycles. The van der Waals surface area contributed by atoms with Gasteiger partial charge in [-0.1, -0.05) is 75.9 Å². The first-order valence-electron chi connectivity index (χ1n) is 5.74. The molecule has 0 N–H and O–H groups in total. The summed E-state index contributed by atoms with van der Waals surface area (Å²) in [5.41, 5.74) is 2.68. The number of benzene rings is 1. The molecule has 0 aromatic heterocycles. The zero-order valence-electron chi connectivity index (χ0n) is 10.7. The maximum Gasteiger partial charge on any atom is -0.0398 e. The Morgan fingerprint density at radius 1 is 0.857 bits per heavy atom. The number of hydrogen-bond acceptors (Lipinski definition) is 0. The van der Waals surface area contributed by atoms with Gasteiger partial charge in [-0.25, -0.2) is 0 Å². The molecule has 0 aliphatic carbocycles. The van der Waals surface area contributed by atoms with E-state index in [-0.39, 0.29) is 0 Å². The number of rotatable bonds is 1. The van der Waals surface area contributed by atoms with Crippen molar-refractivity contribution in [1.82, 2.24) is 0 Å². The molecule has 0 aliphatic heterocycles. The van der Waals surface area contributed by atoms with Crippen LogP contribution in [0.15, 0.2) is 24.3 Å². The van der Waals surface area contributed by atoms with Gasteiger partial charge >= 0.3 is 0 Å². The van der Waals surface area contributed by atoms with Crippen molar-refractivity contribution in [2.75, 3.05) is 0 Å². The van der Waals surface area contributed by atoms with Crippen LogP contribution in [0.3, 0.4) is 0 Å². The fourth-order valence-corrected chi connectivity index (χ4v) is 0.807. The van der Waals surface area contributed by atoms with Gasteiger partial charge in [0, 0.05) is 0 Å². The molecular weight excluding hydrogens is 168 g/mol. The average Bonchev–Trinajstić information content (AvgIpc) is 2.21. The highest BCUT2D eigenvalue weighted by molar-refractivity contribution is 5.20. The quantitative estimate of drug-likeness (QED) is 0.581. The van der Waals surface area contributed by atoms with E-state index in [1.54, 1.807) is 0 Å². The standard InChI is InChI=1S/C8H10.C4H10.C2H6/c1-7-4-3-5-8(2)6-7;1-3-4-2;1-2/h3-6H,1-2H3;3-4H2,1-2H3;1-2H3. The van der Waals surface area contributed by atoms with E-state index in [4.69, 9.17) is 0 Å². The Morgan fingerprint density at radius 2 is 1.21 bits per heavy atom. The van der Waals surface area contributed by atoms with Gasteiger partial charge in [0.1, 0.15) is 0 Å². The third-order valence-electron chi connectivity index (χ3n) is 1.67. The van der Waals surface area contributed by atoms with Crippen LogP contribution in [0.4, 0.5) is 0 Å². The summed E-state index contributed by atoms with van der Waals surface area (Å²) in [5.74, 6) is 0. The molecule has 0 atom stereocenters. The molecule has 0 aliphatic rings. The van der Waals surface area contributed by atoms with E-state index < -0.39 is 0 Å². The summed E-state index contributed by atoms with van der Waals surface area (Å²) < 4.78 is 0. The summed E-state index contributed by atoms with van der Waals surface area (Å²) >= 11 is 0. The van der Waals surface area contributed by atoms with Crippen LogP contribution < -0.4 is 0 Å². The van der Waals surface area contributed by atoms with Crippen molar-refractivity contribution in [3.8, 4) is 0 Å². The molecule has 0 amide bonds. The minimum Gasteiger partial charge on any atom is -0.0683 e. The Kier molecular flexibility index (Phi) is 13.7. The van der Waals surface area contributed by atoms with Gasteiger partial charge in [0.15, 0.2) is 0 Å². The first-order valence-corrected chi connectivity index (χ1v) is 5.74. The van der Waals surface area contributed by atoms with Crippen molar-refractivity contribution in [2.24, 2.45) is 0 Å². The fourth-order valence-electron chi connectivity index (χ4n) is 0.807. The van der Waals surface area contributed by atoms with E-state index in [2.05, 4.69) is 52.0 Å². The van der Waals surface area contributed by atoms with Crippen LogP contribution in [-0.4, -0.2) is 0 Å². The molecule has 0 heterocycles. The zero-order valence-corrected chi connectivity index (χ0v) is 10.7. The second-order valence-corrected chi connectivity index (χ2v) is 3.16. The summed E-state index contributed by atoms with van der Waals surface area (Å²) in [6, 6.07) is 8.45.